The van der Waals surface area contributed by atoms with Gasteiger partial charge in [-0.15, -0.1) is 0 Å². The highest BCUT2D eigenvalue weighted by molar-refractivity contribution is 5.93. The van der Waals surface area contributed by atoms with Crippen molar-refractivity contribution in [1.82, 2.24) is 0 Å². The Hall–Kier alpha value is -0.990. The average molecular weight is 257 g/mol. The molecule has 0 aliphatic rings. The molecule has 1 nitrogen and oxygen atoms in total. The summed E-state index contributed by atoms with van der Waals surface area (Å²) in [4.78, 5) is 0. The van der Waals surface area contributed by atoms with Crippen LogP contribution in [0, 0.1) is 11.3 Å². The van der Waals surface area contributed by atoms with E-state index < -0.39 is 5.92 Å². The Morgan fingerprint density at radius 1 is 1.28 bits per heavy atom. The third-order valence-electron chi connectivity index (χ3n) is 2.91. The van der Waals surface area contributed by atoms with Crippen molar-refractivity contribution < 1.29 is 8.78 Å². The molecule has 3 heteroatoms. The zero-order chi connectivity index (χ0) is 14.2. The number of rotatable bonds is 9. The van der Waals surface area contributed by atoms with Crippen LogP contribution >= 0.6 is 0 Å². The number of nitrogens with one attached hydrogen (secondary N) is 1. The smallest absolute Gasteiger partial charge is 0.268 e. The highest BCUT2D eigenvalue weighted by Gasteiger charge is 2.28. The maximum Gasteiger partial charge on any atom is 0.268 e. The summed E-state index contributed by atoms with van der Waals surface area (Å²) in [6.07, 6.45) is 6.74. The maximum atomic E-state index is 13.2. The highest BCUT2D eigenvalue weighted by atomic mass is 19.3. The first-order chi connectivity index (χ1) is 8.27. The maximum absolute atomic E-state index is 13.2. The number of hydrogen-bond donors (Lipinski definition) is 1. The Kier molecular flexibility index (Phi) is 7.72. The van der Waals surface area contributed by atoms with Gasteiger partial charge < -0.3 is 5.41 Å². The number of alkyl halides is 2. The van der Waals surface area contributed by atoms with E-state index in [0.29, 0.717) is 12.1 Å². The first-order valence-electron chi connectivity index (χ1n) is 6.56. The Labute approximate surface area is 109 Å². The molecule has 0 aliphatic carbocycles. The van der Waals surface area contributed by atoms with Gasteiger partial charge in [0, 0.05) is 12.1 Å². The summed E-state index contributed by atoms with van der Waals surface area (Å²) in [5.41, 5.74) is 0.566. The van der Waals surface area contributed by atoms with Crippen LogP contribution in [0.25, 0.3) is 0 Å². The molecule has 0 unspecified atom stereocenters. The lowest BCUT2D eigenvalue weighted by atomic mass is 10.0. The Balaban J connectivity index is 3.64. The Morgan fingerprint density at radius 3 is 2.39 bits per heavy atom. The van der Waals surface area contributed by atoms with Crippen molar-refractivity contribution in [1.29, 1.82) is 5.41 Å². The van der Waals surface area contributed by atoms with Gasteiger partial charge in [-0.05, 0) is 43.8 Å². The van der Waals surface area contributed by atoms with Gasteiger partial charge in [-0.2, -0.15) is 0 Å². The van der Waals surface area contributed by atoms with Gasteiger partial charge in [-0.3, -0.25) is 0 Å². The SMILES string of the molecule is C=C(C)C(F)(F)CCCCC/C=C\C(=N)C(C)C. The molecule has 0 aromatic rings. The van der Waals surface area contributed by atoms with Crippen LogP contribution in [0.1, 0.15) is 52.9 Å². The molecule has 0 bridgehead atoms. The van der Waals surface area contributed by atoms with Crippen molar-refractivity contribution in [2.45, 2.75) is 58.8 Å². The van der Waals surface area contributed by atoms with Gasteiger partial charge >= 0.3 is 0 Å². The van der Waals surface area contributed by atoms with Gasteiger partial charge in [0.1, 0.15) is 0 Å². The topological polar surface area (TPSA) is 23.9 Å². The first-order valence-corrected chi connectivity index (χ1v) is 6.56. The van der Waals surface area contributed by atoms with Crippen LogP contribution in [0.4, 0.5) is 8.78 Å². The van der Waals surface area contributed by atoms with E-state index >= 15 is 0 Å². The van der Waals surface area contributed by atoms with Crippen LogP contribution in [-0.2, 0) is 0 Å². The third-order valence-corrected chi connectivity index (χ3v) is 2.91. The zero-order valence-electron chi connectivity index (χ0n) is 11.7. The Bertz CT molecular complexity index is 304. The van der Waals surface area contributed by atoms with E-state index in [1.807, 2.05) is 26.0 Å². The fourth-order valence-electron chi connectivity index (χ4n) is 1.40. The average Bonchev–Trinajstić information content (AvgIpc) is 2.26. The van der Waals surface area contributed by atoms with Crippen molar-refractivity contribution in [3.05, 3.63) is 24.3 Å². The first kappa shape index (κ1) is 17.0. The molecule has 0 fully saturated rings. The minimum Gasteiger partial charge on any atom is -0.305 e. The molecule has 0 saturated heterocycles. The van der Waals surface area contributed by atoms with Gasteiger partial charge in [0.2, 0.25) is 0 Å². The lowest BCUT2D eigenvalue weighted by molar-refractivity contribution is 0.0301. The summed E-state index contributed by atoms with van der Waals surface area (Å²) in [6.45, 7) is 8.64. The number of halogens is 2. The molecule has 0 spiro atoms. The van der Waals surface area contributed by atoms with Crippen LogP contribution in [0.15, 0.2) is 24.3 Å². The largest absolute Gasteiger partial charge is 0.305 e. The van der Waals surface area contributed by atoms with Crippen LogP contribution in [0.2, 0.25) is 0 Å². The molecule has 0 aliphatic heterocycles. The van der Waals surface area contributed by atoms with Crippen molar-refractivity contribution in [2.24, 2.45) is 5.92 Å². The molecular weight excluding hydrogens is 232 g/mol. The van der Waals surface area contributed by atoms with Crippen LogP contribution < -0.4 is 0 Å². The van der Waals surface area contributed by atoms with Crippen molar-refractivity contribution >= 4 is 5.71 Å². The van der Waals surface area contributed by atoms with E-state index in [4.69, 9.17) is 5.41 Å². The quantitative estimate of drug-likeness (QED) is 0.326. The van der Waals surface area contributed by atoms with E-state index in [-0.39, 0.29) is 17.9 Å². The fraction of sp³-hybridized carbons (Fsp3) is 0.667. The second-order valence-electron chi connectivity index (χ2n) is 5.10. The van der Waals surface area contributed by atoms with Crippen molar-refractivity contribution in [2.75, 3.05) is 0 Å². The summed E-state index contributed by atoms with van der Waals surface area (Å²) in [7, 11) is 0. The van der Waals surface area contributed by atoms with E-state index in [1.54, 1.807) is 0 Å². The van der Waals surface area contributed by atoms with Crippen LogP contribution in [0.3, 0.4) is 0 Å². The van der Waals surface area contributed by atoms with Crippen LogP contribution in [-0.4, -0.2) is 11.6 Å². The number of hydrogen-bond acceptors (Lipinski definition) is 1. The predicted octanol–water partition coefficient (Wildman–Crippen LogP) is 5.38. The lowest BCUT2D eigenvalue weighted by Gasteiger charge is -2.15. The van der Waals surface area contributed by atoms with Crippen LogP contribution in [0.5, 0.6) is 0 Å². The van der Waals surface area contributed by atoms with E-state index in [2.05, 4.69) is 6.58 Å². The molecule has 0 rings (SSSR count). The van der Waals surface area contributed by atoms with Crippen molar-refractivity contribution in [3.63, 3.8) is 0 Å². The lowest BCUT2D eigenvalue weighted by Crippen LogP contribution is -2.16. The molecule has 0 aromatic heterocycles. The van der Waals surface area contributed by atoms with Gasteiger partial charge in [0.15, 0.2) is 0 Å². The zero-order valence-corrected chi connectivity index (χ0v) is 11.7. The summed E-state index contributed by atoms with van der Waals surface area (Å²) < 4.78 is 26.3. The molecule has 0 atom stereocenters. The molecular formula is C15H25F2N. The summed E-state index contributed by atoms with van der Waals surface area (Å²) in [5, 5.41) is 7.59. The van der Waals surface area contributed by atoms with Gasteiger partial charge in [-0.25, -0.2) is 8.78 Å². The Morgan fingerprint density at radius 2 is 1.89 bits per heavy atom. The second kappa shape index (κ2) is 8.17. The van der Waals surface area contributed by atoms with E-state index in [1.165, 1.54) is 6.92 Å². The minimum absolute atomic E-state index is 0.0484. The highest BCUT2D eigenvalue weighted by Crippen LogP contribution is 2.28. The normalized spacial score (nSPS) is 12.3. The monoisotopic (exact) mass is 257 g/mol. The van der Waals surface area contributed by atoms with Gasteiger partial charge in [0.05, 0.1) is 0 Å². The third kappa shape index (κ3) is 7.36. The molecule has 0 heterocycles. The molecule has 0 radical (unpaired) electrons. The number of allylic oxidation sites excluding steroid dienone is 3. The van der Waals surface area contributed by atoms with Crippen molar-refractivity contribution in [3.8, 4) is 0 Å². The summed E-state index contributed by atoms with van der Waals surface area (Å²) in [6, 6.07) is 0. The number of unbranched alkanes of at least 4 members (excludes halogenated alkanes) is 3. The molecule has 104 valence electrons. The molecule has 0 amide bonds. The summed E-state index contributed by atoms with van der Waals surface area (Å²) in [5.74, 6) is -2.47. The minimum atomic E-state index is -2.71. The molecule has 0 aromatic carbocycles. The molecule has 1 N–H and O–H groups in total. The van der Waals surface area contributed by atoms with Gasteiger partial charge in [0.25, 0.3) is 5.92 Å². The molecule has 18 heavy (non-hydrogen) atoms. The molecule has 0 saturated carbocycles. The fourth-order valence-corrected chi connectivity index (χ4v) is 1.40. The second-order valence-corrected chi connectivity index (χ2v) is 5.10. The van der Waals surface area contributed by atoms with Gasteiger partial charge in [-0.1, -0.05) is 32.9 Å². The standard InChI is InChI=1S/C15H25F2N/c1-12(2)14(18)10-8-6-5-7-9-11-15(16,17)13(3)4/h8,10,12,18H,3,5-7,9,11H2,1-2,4H3/b10-8-,18-14?. The predicted molar refractivity (Wildman–Crippen MR) is 74.6 cm³/mol. The summed E-state index contributed by atoms with van der Waals surface area (Å²) >= 11 is 0. The van der Waals surface area contributed by atoms with E-state index in [0.717, 1.165) is 19.3 Å². The van der Waals surface area contributed by atoms with E-state index in [9.17, 15) is 8.78 Å².